The smallest absolute Gasteiger partial charge is 0.335 e. The summed E-state index contributed by atoms with van der Waals surface area (Å²) in [5, 5.41) is 23.6. The van der Waals surface area contributed by atoms with Crippen LogP contribution in [0.4, 0.5) is 4.79 Å². The number of aromatic carboxylic acids is 1. The van der Waals surface area contributed by atoms with Gasteiger partial charge in [0.25, 0.3) is 0 Å². The largest absolute Gasteiger partial charge is 0.478 e. The highest BCUT2D eigenvalue weighted by molar-refractivity contribution is 5.87. The summed E-state index contributed by atoms with van der Waals surface area (Å²) >= 11 is 0. The first-order valence-corrected chi connectivity index (χ1v) is 7.45. The van der Waals surface area contributed by atoms with E-state index in [0.29, 0.717) is 13.0 Å². The van der Waals surface area contributed by atoms with E-state index in [2.05, 4.69) is 10.6 Å². The van der Waals surface area contributed by atoms with Crippen LogP contribution in [0.15, 0.2) is 24.3 Å². The molecule has 22 heavy (non-hydrogen) atoms. The van der Waals surface area contributed by atoms with Crippen LogP contribution in [0, 0.1) is 0 Å². The molecule has 0 atom stereocenters. The number of hydrogen-bond donors (Lipinski definition) is 4. The lowest BCUT2D eigenvalue weighted by molar-refractivity contribution is 0.0696. The van der Waals surface area contributed by atoms with Crippen molar-refractivity contribution in [2.75, 3.05) is 6.61 Å². The average Bonchev–Trinajstić information content (AvgIpc) is 2.52. The van der Waals surface area contributed by atoms with Crippen LogP contribution in [0.1, 0.15) is 49.0 Å². The van der Waals surface area contributed by atoms with Crippen LogP contribution < -0.4 is 10.6 Å². The zero-order valence-corrected chi connectivity index (χ0v) is 13.1. The molecule has 0 saturated carbocycles. The summed E-state index contributed by atoms with van der Waals surface area (Å²) in [5.74, 6) is -0.975. The first kappa shape index (κ1) is 18.0. The highest BCUT2D eigenvalue weighted by Crippen LogP contribution is 2.19. The minimum absolute atomic E-state index is 0.0264. The number of aliphatic hydroxyl groups excluding tert-OH is 1. The molecule has 1 aromatic carbocycles. The molecule has 0 aliphatic carbocycles. The van der Waals surface area contributed by atoms with Crippen molar-refractivity contribution in [1.29, 1.82) is 0 Å². The Kier molecular flexibility index (Phi) is 6.85. The summed E-state index contributed by atoms with van der Waals surface area (Å²) in [6.45, 7) is 4.29. The second-order valence-electron chi connectivity index (χ2n) is 5.27. The van der Waals surface area contributed by atoms with Crippen molar-refractivity contribution in [3.8, 4) is 0 Å². The molecule has 0 fully saturated rings. The zero-order valence-electron chi connectivity index (χ0n) is 13.1. The third kappa shape index (κ3) is 5.04. The fourth-order valence-corrected chi connectivity index (χ4v) is 2.29. The maximum atomic E-state index is 12.0. The number of benzene rings is 1. The molecule has 1 rings (SSSR count). The number of nitrogens with one attached hydrogen (secondary N) is 2. The summed E-state index contributed by atoms with van der Waals surface area (Å²) in [4.78, 5) is 22.8. The van der Waals surface area contributed by atoms with E-state index >= 15 is 0 Å². The van der Waals surface area contributed by atoms with Crippen LogP contribution >= 0.6 is 0 Å². The molecule has 122 valence electrons. The molecule has 0 radical (unpaired) electrons. The number of amides is 2. The van der Waals surface area contributed by atoms with E-state index in [1.165, 1.54) is 12.1 Å². The van der Waals surface area contributed by atoms with Crippen LogP contribution in [0.25, 0.3) is 0 Å². The highest BCUT2D eigenvalue weighted by Gasteiger charge is 2.27. The van der Waals surface area contributed by atoms with Crippen molar-refractivity contribution in [2.24, 2.45) is 0 Å². The van der Waals surface area contributed by atoms with Gasteiger partial charge < -0.3 is 20.8 Å². The summed E-state index contributed by atoms with van der Waals surface area (Å²) in [6, 6.07) is 6.06. The van der Waals surface area contributed by atoms with Crippen molar-refractivity contribution < 1.29 is 19.8 Å². The molecule has 0 bridgehead atoms. The van der Waals surface area contributed by atoms with Crippen molar-refractivity contribution in [3.05, 3.63) is 35.4 Å². The number of carbonyl (C=O) groups is 2. The molecule has 0 aliphatic heterocycles. The Balaban J connectivity index is 2.56. The second kappa shape index (κ2) is 8.38. The van der Waals surface area contributed by atoms with Crippen LogP contribution in [-0.2, 0) is 6.54 Å². The van der Waals surface area contributed by atoms with Gasteiger partial charge >= 0.3 is 12.0 Å². The Labute approximate surface area is 130 Å². The molecular formula is C16H24N2O4. The molecule has 0 unspecified atom stereocenters. The molecule has 0 aliphatic rings. The van der Waals surface area contributed by atoms with E-state index in [4.69, 9.17) is 10.2 Å². The van der Waals surface area contributed by atoms with Gasteiger partial charge in [0, 0.05) is 18.7 Å². The molecule has 1 aromatic rings. The van der Waals surface area contributed by atoms with Crippen molar-refractivity contribution in [3.63, 3.8) is 0 Å². The number of rotatable bonds is 8. The number of carbonyl (C=O) groups excluding carboxylic acids is 1. The Hall–Kier alpha value is -2.08. The van der Waals surface area contributed by atoms with Gasteiger partial charge in [-0.15, -0.1) is 0 Å². The number of aliphatic hydroxyl groups is 1. The van der Waals surface area contributed by atoms with Gasteiger partial charge in [-0.2, -0.15) is 0 Å². The fraction of sp³-hybridized carbons (Fsp3) is 0.500. The standard InChI is InChI=1S/C16H24N2O4/c1-3-16(4-2,9-10-19)18-15(22)17-11-12-5-7-13(8-6-12)14(20)21/h5-8,19H,3-4,9-11H2,1-2H3,(H,20,21)(H2,17,18,22). The van der Waals surface area contributed by atoms with Crippen LogP contribution in [-0.4, -0.2) is 34.4 Å². The van der Waals surface area contributed by atoms with E-state index in [-0.39, 0.29) is 18.2 Å². The molecule has 6 nitrogen and oxygen atoms in total. The molecule has 0 aromatic heterocycles. The van der Waals surface area contributed by atoms with E-state index in [1.54, 1.807) is 12.1 Å². The molecule has 2 amide bonds. The van der Waals surface area contributed by atoms with Crippen molar-refractivity contribution in [2.45, 2.75) is 45.2 Å². The van der Waals surface area contributed by atoms with E-state index < -0.39 is 11.5 Å². The summed E-state index contributed by atoms with van der Waals surface area (Å²) in [7, 11) is 0. The van der Waals surface area contributed by atoms with Gasteiger partial charge in [-0.3, -0.25) is 0 Å². The predicted octanol–water partition coefficient (Wildman–Crippen LogP) is 2.13. The first-order valence-electron chi connectivity index (χ1n) is 7.45. The Morgan fingerprint density at radius 1 is 1.14 bits per heavy atom. The number of carboxylic acids is 1. The minimum atomic E-state index is -0.975. The van der Waals surface area contributed by atoms with Gasteiger partial charge in [0.2, 0.25) is 0 Å². The quantitative estimate of drug-likeness (QED) is 0.591. The molecule has 0 spiro atoms. The summed E-state index contributed by atoms with van der Waals surface area (Å²) in [5.41, 5.74) is 0.638. The summed E-state index contributed by atoms with van der Waals surface area (Å²) < 4.78 is 0. The first-order chi connectivity index (χ1) is 10.5. The normalized spacial score (nSPS) is 11.0. The predicted molar refractivity (Wildman–Crippen MR) is 83.8 cm³/mol. The highest BCUT2D eigenvalue weighted by atomic mass is 16.4. The fourth-order valence-electron chi connectivity index (χ4n) is 2.29. The Morgan fingerprint density at radius 3 is 2.18 bits per heavy atom. The van der Waals surface area contributed by atoms with Gasteiger partial charge in [-0.05, 0) is 37.0 Å². The molecular weight excluding hydrogens is 284 g/mol. The Bertz CT molecular complexity index is 495. The number of carboxylic acid groups (broad SMARTS) is 1. The van der Waals surface area contributed by atoms with E-state index in [0.717, 1.165) is 18.4 Å². The van der Waals surface area contributed by atoms with Crippen molar-refractivity contribution >= 4 is 12.0 Å². The molecule has 0 heterocycles. The molecule has 4 N–H and O–H groups in total. The monoisotopic (exact) mass is 308 g/mol. The van der Waals surface area contributed by atoms with E-state index in [1.807, 2.05) is 13.8 Å². The Morgan fingerprint density at radius 2 is 1.73 bits per heavy atom. The number of urea groups is 1. The maximum absolute atomic E-state index is 12.0. The third-order valence-corrected chi connectivity index (χ3v) is 3.98. The zero-order chi connectivity index (χ0) is 16.6. The number of hydrogen-bond acceptors (Lipinski definition) is 3. The minimum Gasteiger partial charge on any atom is -0.478 e. The topological polar surface area (TPSA) is 98.7 Å². The average molecular weight is 308 g/mol. The lowest BCUT2D eigenvalue weighted by atomic mass is 9.89. The van der Waals surface area contributed by atoms with Crippen LogP contribution in [0.2, 0.25) is 0 Å². The van der Waals surface area contributed by atoms with Gasteiger partial charge in [-0.25, -0.2) is 9.59 Å². The lowest BCUT2D eigenvalue weighted by Crippen LogP contribution is -2.51. The van der Waals surface area contributed by atoms with Gasteiger partial charge in [0.1, 0.15) is 0 Å². The second-order valence-corrected chi connectivity index (χ2v) is 5.27. The maximum Gasteiger partial charge on any atom is 0.335 e. The SMILES string of the molecule is CCC(CC)(CCO)NC(=O)NCc1ccc(C(=O)O)cc1. The summed E-state index contributed by atoms with van der Waals surface area (Å²) in [6.07, 6.45) is 2.00. The van der Waals surface area contributed by atoms with Crippen molar-refractivity contribution in [1.82, 2.24) is 10.6 Å². The third-order valence-electron chi connectivity index (χ3n) is 3.98. The van der Waals surface area contributed by atoms with Crippen LogP contribution in [0.3, 0.4) is 0 Å². The van der Waals surface area contributed by atoms with Crippen LogP contribution in [0.5, 0.6) is 0 Å². The molecule has 6 heteroatoms. The van der Waals surface area contributed by atoms with Gasteiger partial charge in [0.15, 0.2) is 0 Å². The molecule has 0 saturated heterocycles. The van der Waals surface area contributed by atoms with E-state index in [9.17, 15) is 9.59 Å². The van der Waals surface area contributed by atoms with Gasteiger partial charge in [0.05, 0.1) is 5.56 Å². The lowest BCUT2D eigenvalue weighted by Gasteiger charge is -2.32. The van der Waals surface area contributed by atoms with Gasteiger partial charge in [-0.1, -0.05) is 26.0 Å².